The van der Waals surface area contributed by atoms with Crippen LogP contribution in [0.15, 0.2) is 16.7 Å². The van der Waals surface area contributed by atoms with Crippen molar-refractivity contribution in [1.29, 1.82) is 0 Å². The Balaban J connectivity index is 0.000000205. The van der Waals surface area contributed by atoms with Gasteiger partial charge >= 0.3 is 0 Å². The Morgan fingerprint density at radius 2 is 2.00 bits per heavy atom. The smallest absolute Gasteiger partial charge is 0.171 e. The van der Waals surface area contributed by atoms with E-state index in [1.807, 2.05) is 6.07 Å². The van der Waals surface area contributed by atoms with E-state index in [1.54, 1.807) is 10.7 Å². The predicted molar refractivity (Wildman–Crippen MR) is 87.4 cm³/mol. The van der Waals surface area contributed by atoms with Crippen molar-refractivity contribution in [3.05, 3.63) is 27.6 Å². The van der Waals surface area contributed by atoms with Crippen molar-refractivity contribution >= 4 is 33.2 Å². The van der Waals surface area contributed by atoms with Gasteiger partial charge in [0.25, 0.3) is 0 Å². The van der Waals surface area contributed by atoms with Gasteiger partial charge in [-0.2, -0.15) is 5.10 Å². The lowest BCUT2D eigenvalue weighted by Crippen LogP contribution is -1.98. The standard InChI is InChI=1S/C9H9BrClN3.C6H12/c1-5(2)7-3-8(11)14-9(13-7)6(10)4-12-14;1-6-4-2-3-5-6/h3-5H,1-2H3;6H,2-5H2,1H3. The molecule has 0 radical (unpaired) electrons. The van der Waals surface area contributed by atoms with E-state index in [-0.39, 0.29) is 0 Å². The highest BCUT2D eigenvalue weighted by atomic mass is 79.9. The highest BCUT2D eigenvalue weighted by Crippen LogP contribution is 2.23. The maximum absolute atomic E-state index is 6.06. The Kier molecular flexibility index (Phi) is 5.44. The molecular weight excluding hydrogens is 338 g/mol. The first-order chi connectivity index (χ1) is 9.49. The molecule has 2 aromatic heterocycles. The van der Waals surface area contributed by atoms with Crippen molar-refractivity contribution < 1.29 is 0 Å². The molecule has 3 rings (SSSR count). The number of rotatable bonds is 1. The second kappa shape index (κ2) is 6.90. The van der Waals surface area contributed by atoms with Crippen molar-refractivity contribution in [2.45, 2.75) is 52.4 Å². The molecule has 0 aliphatic heterocycles. The molecule has 110 valence electrons. The van der Waals surface area contributed by atoms with Crippen LogP contribution in [0.5, 0.6) is 0 Å². The number of hydrogen-bond donors (Lipinski definition) is 0. The van der Waals surface area contributed by atoms with Gasteiger partial charge in [0.15, 0.2) is 5.65 Å². The van der Waals surface area contributed by atoms with Crippen LogP contribution in [-0.2, 0) is 0 Å². The van der Waals surface area contributed by atoms with Gasteiger partial charge in [-0.1, -0.05) is 58.1 Å². The van der Waals surface area contributed by atoms with E-state index in [2.05, 4.69) is 46.8 Å². The van der Waals surface area contributed by atoms with Gasteiger partial charge < -0.3 is 0 Å². The van der Waals surface area contributed by atoms with E-state index in [1.165, 1.54) is 25.7 Å². The SMILES string of the molecule is CC(C)c1cc(Cl)n2ncc(Br)c2n1.CC1CCCC1. The quantitative estimate of drug-likeness (QED) is 0.633. The Bertz CT molecular complexity index is 574. The van der Waals surface area contributed by atoms with E-state index in [0.717, 1.165) is 21.7 Å². The fourth-order valence-electron chi connectivity index (χ4n) is 2.34. The lowest BCUT2D eigenvalue weighted by Gasteiger charge is -2.05. The maximum Gasteiger partial charge on any atom is 0.171 e. The van der Waals surface area contributed by atoms with E-state index < -0.39 is 0 Å². The van der Waals surface area contributed by atoms with Crippen LogP contribution in [0.1, 0.15) is 58.1 Å². The molecule has 1 aliphatic rings. The van der Waals surface area contributed by atoms with E-state index in [9.17, 15) is 0 Å². The largest absolute Gasteiger partial charge is 0.232 e. The van der Waals surface area contributed by atoms with E-state index >= 15 is 0 Å². The summed E-state index contributed by atoms with van der Waals surface area (Å²) in [7, 11) is 0. The lowest BCUT2D eigenvalue weighted by atomic mass is 10.1. The summed E-state index contributed by atoms with van der Waals surface area (Å²) in [5.74, 6) is 1.41. The Morgan fingerprint density at radius 1 is 1.35 bits per heavy atom. The minimum absolute atomic E-state index is 0.360. The Morgan fingerprint density at radius 3 is 2.50 bits per heavy atom. The molecule has 0 spiro atoms. The minimum atomic E-state index is 0.360. The van der Waals surface area contributed by atoms with Crippen molar-refractivity contribution in [2.24, 2.45) is 5.92 Å². The fraction of sp³-hybridized carbons (Fsp3) is 0.600. The summed E-state index contributed by atoms with van der Waals surface area (Å²) in [5, 5.41) is 4.68. The summed E-state index contributed by atoms with van der Waals surface area (Å²) in [6.45, 7) is 6.51. The van der Waals surface area contributed by atoms with Crippen LogP contribution in [0.3, 0.4) is 0 Å². The number of hydrogen-bond acceptors (Lipinski definition) is 2. The van der Waals surface area contributed by atoms with Crippen LogP contribution in [-0.4, -0.2) is 14.6 Å². The molecule has 5 heteroatoms. The minimum Gasteiger partial charge on any atom is -0.232 e. The molecule has 1 fully saturated rings. The summed E-state index contributed by atoms with van der Waals surface area (Å²) < 4.78 is 2.47. The molecule has 0 unspecified atom stereocenters. The molecular formula is C15H21BrClN3. The Hall–Kier alpha value is -0.610. The third-order valence-electron chi connectivity index (χ3n) is 3.64. The zero-order valence-electron chi connectivity index (χ0n) is 12.2. The average Bonchev–Trinajstić information content (AvgIpc) is 3.00. The molecule has 0 aromatic carbocycles. The molecule has 0 N–H and O–H groups in total. The van der Waals surface area contributed by atoms with Gasteiger partial charge in [-0.15, -0.1) is 0 Å². The summed E-state index contributed by atoms with van der Waals surface area (Å²) in [4.78, 5) is 4.46. The molecule has 0 atom stereocenters. The molecule has 2 aromatic rings. The zero-order chi connectivity index (χ0) is 14.7. The molecule has 1 aliphatic carbocycles. The highest BCUT2D eigenvalue weighted by Gasteiger charge is 2.10. The maximum atomic E-state index is 6.06. The molecule has 1 saturated carbocycles. The van der Waals surface area contributed by atoms with Crippen LogP contribution in [0.4, 0.5) is 0 Å². The van der Waals surface area contributed by atoms with Gasteiger partial charge in [-0.25, -0.2) is 9.50 Å². The number of aromatic nitrogens is 3. The second-order valence-electron chi connectivity index (χ2n) is 5.78. The first-order valence-electron chi connectivity index (χ1n) is 7.18. The number of halogens is 2. The molecule has 3 nitrogen and oxygen atoms in total. The number of nitrogens with zero attached hydrogens (tertiary/aromatic N) is 3. The van der Waals surface area contributed by atoms with Gasteiger partial charge in [0.05, 0.1) is 10.7 Å². The summed E-state index contributed by atoms with van der Waals surface area (Å²) >= 11 is 9.44. The van der Waals surface area contributed by atoms with Crippen LogP contribution in [0, 0.1) is 5.92 Å². The monoisotopic (exact) mass is 357 g/mol. The Labute approximate surface area is 133 Å². The number of fused-ring (bicyclic) bond motifs is 1. The molecule has 0 saturated heterocycles. The van der Waals surface area contributed by atoms with Gasteiger partial charge in [0.2, 0.25) is 0 Å². The van der Waals surface area contributed by atoms with Gasteiger partial charge in [0, 0.05) is 5.69 Å². The topological polar surface area (TPSA) is 30.2 Å². The normalized spacial score (nSPS) is 15.7. The van der Waals surface area contributed by atoms with Gasteiger partial charge in [-0.3, -0.25) is 0 Å². The summed E-state index contributed by atoms with van der Waals surface area (Å²) in [5.41, 5.74) is 1.74. The second-order valence-corrected chi connectivity index (χ2v) is 7.02. The first-order valence-corrected chi connectivity index (χ1v) is 8.35. The van der Waals surface area contributed by atoms with Crippen molar-refractivity contribution in [3.63, 3.8) is 0 Å². The highest BCUT2D eigenvalue weighted by molar-refractivity contribution is 9.10. The van der Waals surface area contributed by atoms with Crippen molar-refractivity contribution in [2.75, 3.05) is 0 Å². The fourth-order valence-corrected chi connectivity index (χ4v) is 2.93. The molecule has 0 bridgehead atoms. The first kappa shape index (κ1) is 15.8. The van der Waals surface area contributed by atoms with Crippen LogP contribution in [0.25, 0.3) is 5.65 Å². The molecule has 20 heavy (non-hydrogen) atoms. The van der Waals surface area contributed by atoms with Crippen LogP contribution < -0.4 is 0 Å². The van der Waals surface area contributed by atoms with Crippen LogP contribution in [0.2, 0.25) is 5.15 Å². The van der Waals surface area contributed by atoms with Crippen molar-refractivity contribution in [3.8, 4) is 0 Å². The van der Waals surface area contributed by atoms with Gasteiger partial charge in [0.1, 0.15) is 5.15 Å². The van der Waals surface area contributed by atoms with E-state index in [4.69, 9.17) is 11.6 Å². The molecule has 0 amide bonds. The summed E-state index contributed by atoms with van der Waals surface area (Å²) in [6, 6.07) is 1.85. The van der Waals surface area contributed by atoms with Gasteiger partial charge in [-0.05, 0) is 33.8 Å². The third-order valence-corrected chi connectivity index (χ3v) is 4.47. The zero-order valence-corrected chi connectivity index (χ0v) is 14.6. The average molecular weight is 359 g/mol. The van der Waals surface area contributed by atoms with Crippen LogP contribution >= 0.6 is 27.5 Å². The predicted octanol–water partition coefficient (Wildman–Crippen LogP) is 5.47. The van der Waals surface area contributed by atoms with E-state index in [0.29, 0.717) is 11.1 Å². The third kappa shape index (κ3) is 3.73. The molecule has 2 heterocycles. The van der Waals surface area contributed by atoms with Crippen molar-refractivity contribution in [1.82, 2.24) is 14.6 Å². The lowest BCUT2D eigenvalue weighted by molar-refractivity contribution is 0.612. The summed E-state index contributed by atoms with van der Waals surface area (Å²) in [6.07, 6.45) is 7.64.